The third-order valence-corrected chi connectivity index (χ3v) is 4.44. The molecule has 0 aliphatic carbocycles. The molecule has 1 aliphatic heterocycles. The molecule has 1 saturated heterocycles. The van der Waals surface area contributed by atoms with Gasteiger partial charge in [0.2, 0.25) is 5.91 Å². The molecule has 5 nitrogen and oxygen atoms in total. The van der Waals surface area contributed by atoms with Crippen molar-refractivity contribution in [1.29, 1.82) is 0 Å². The van der Waals surface area contributed by atoms with Crippen LogP contribution < -0.4 is 5.73 Å². The van der Waals surface area contributed by atoms with E-state index in [-0.39, 0.29) is 17.9 Å². The third kappa shape index (κ3) is 5.03. The fourth-order valence-corrected chi connectivity index (χ4v) is 3.26. The van der Waals surface area contributed by atoms with E-state index in [9.17, 15) is 9.59 Å². The van der Waals surface area contributed by atoms with Crippen LogP contribution in [0, 0.1) is 5.92 Å². The van der Waals surface area contributed by atoms with E-state index in [1.54, 1.807) is 11.8 Å². The zero-order valence-electron chi connectivity index (χ0n) is 11.7. The van der Waals surface area contributed by atoms with E-state index in [0.29, 0.717) is 12.3 Å². The Bertz CT molecular complexity index is 323. The number of carbonyl (C=O) groups is 2. The lowest BCUT2D eigenvalue weighted by molar-refractivity contribution is -0.150. The molecule has 1 heterocycles. The Labute approximate surface area is 118 Å². The Morgan fingerprint density at radius 3 is 2.68 bits per heavy atom. The summed E-state index contributed by atoms with van der Waals surface area (Å²) >= 11 is 1.59. The van der Waals surface area contributed by atoms with Gasteiger partial charge in [-0.15, -0.1) is 0 Å². The van der Waals surface area contributed by atoms with Crippen LogP contribution in [0.3, 0.4) is 0 Å². The van der Waals surface area contributed by atoms with Crippen molar-refractivity contribution >= 4 is 23.6 Å². The Balaban J connectivity index is 2.51. The number of carboxylic acids is 1. The molecule has 1 aliphatic rings. The van der Waals surface area contributed by atoms with Gasteiger partial charge >= 0.3 is 5.97 Å². The first-order valence-electron chi connectivity index (χ1n) is 6.80. The van der Waals surface area contributed by atoms with Crippen LogP contribution in [-0.2, 0) is 9.59 Å². The van der Waals surface area contributed by atoms with Crippen LogP contribution in [0.15, 0.2) is 0 Å². The van der Waals surface area contributed by atoms with E-state index in [1.165, 1.54) is 4.90 Å². The molecule has 3 N–H and O–H groups in total. The second-order valence-electron chi connectivity index (χ2n) is 5.27. The molecular weight excluding hydrogens is 264 g/mol. The lowest BCUT2D eigenvalue weighted by Gasteiger charge is -2.34. The van der Waals surface area contributed by atoms with E-state index < -0.39 is 12.0 Å². The molecular formula is C13H24N2O3S. The van der Waals surface area contributed by atoms with Crippen LogP contribution in [0.1, 0.15) is 33.1 Å². The van der Waals surface area contributed by atoms with Crippen molar-refractivity contribution in [3.8, 4) is 0 Å². The predicted molar refractivity (Wildman–Crippen MR) is 77.1 cm³/mol. The lowest BCUT2D eigenvalue weighted by atomic mass is 10.00. The fourth-order valence-electron chi connectivity index (χ4n) is 2.22. The number of hydrogen-bond acceptors (Lipinski definition) is 4. The number of nitrogens with zero attached hydrogens (tertiary/aromatic N) is 1. The normalized spacial score (nSPS) is 22.9. The molecule has 3 unspecified atom stereocenters. The number of hydrogen-bond donors (Lipinski definition) is 2. The number of amides is 1. The topological polar surface area (TPSA) is 83.6 Å². The zero-order chi connectivity index (χ0) is 14.4. The molecule has 1 fully saturated rings. The SMILES string of the molecule is CC(N)CCCC(C)C(=O)N1CCSCC1C(=O)O. The first-order chi connectivity index (χ1) is 8.93. The van der Waals surface area contributed by atoms with Gasteiger partial charge in [-0.3, -0.25) is 4.79 Å². The molecule has 3 atom stereocenters. The molecule has 0 saturated carbocycles. The summed E-state index contributed by atoms with van der Waals surface area (Å²) < 4.78 is 0. The summed E-state index contributed by atoms with van der Waals surface area (Å²) in [5.41, 5.74) is 5.68. The molecule has 0 bridgehead atoms. The van der Waals surface area contributed by atoms with Gasteiger partial charge in [0.25, 0.3) is 0 Å². The summed E-state index contributed by atoms with van der Waals surface area (Å²) in [5.74, 6) is 0.264. The highest BCUT2D eigenvalue weighted by Gasteiger charge is 2.34. The Morgan fingerprint density at radius 1 is 1.42 bits per heavy atom. The van der Waals surface area contributed by atoms with Crippen LogP contribution in [0.5, 0.6) is 0 Å². The quantitative estimate of drug-likeness (QED) is 0.766. The van der Waals surface area contributed by atoms with Gasteiger partial charge < -0.3 is 15.7 Å². The Hall–Kier alpha value is -0.750. The van der Waals surface area contributed by atoms with Gasteiger partial charge in [0.1, 0.15) is 6.04 Å². The molecule has 6 heteroatoms. The van der Waals surface area contributed by atoms with Gasteiger partial charge in [-0.1, -0.05) is 13.3 Å². The molecule has 0 aromatic heterocycles. The average Bonchev–Trinajstić information content (AvgIpc) is 2.37. The number of aliphatic carboxylic acids is 1. The predicted octanol–water partition coefficient (Wildman–Crippen LogP) is 1.17. The van der Waals surface area contributed by atoms with Crippen LogP contribution in [-0.4, -0.2) is 52.0 Å². The number of carboxylic acid groups (broad SMARTS) is 1. The van der Waals surface area contributed by atoms with Crippen molar-refractivity contribution in [2.45, 2.75) is 45.2 Å². The summed E-state index contributed by atoms with van der Waals surface area (Å²) in [5, 5.41) is 9.16. The second kappa shape index (κ2) is 7.75. The molecule has 1 rings (SSSR count). The summed E-state index contributed by atoms with van der Waals surface area (Å²) in [7, 11) is 0. The smallest absolute Gasteiger partial charge is 0.327 e. The maximum Gasteiger partial charge on any atom is 0.327 e. The summed E-state index contributed by atoms with van der Waals surface area (Å²) in [4.78, 5) is 25.0. The summed E-state index contributed by atoms with van der Waals surface area (Å²) in [6.07, 6.45) is 2.58. The first kappa shape index (κ1) is 16.3. The fraction of sp³-hybridized carbons (Fsp3) is 0.846. The average molecular weight is 288 g/mol. The minimum Gasteiger partial charge on any atom is -0.480 e. The Morgan fingerprint density at radius 2 is 2.11 bits per heavy atom. The number of thioether (sulfide) groups is 1. The van der Waals surface area contributed by atoms with E-state index in [2.05, 4.69) is 0 Å². The molecule has 19 heavy (non-hydrogen) atoms. The van der Waals surface area contributed by atoms with Crippen LogP contribution in [0.4, 0.5) is 0 Å². The lowest BCUT2D eigenvalue weighted by Crippen LogP contribution is -2.51. The molecule has 110 valence electrons. The van der Waals surface area contributed by atoms with Crippen LogP contribution >= 0.6 is 11.8 Å². The number of rotatable bonds is 6. The third-order valence-electron chi connectivity index (χ3n) is 3.41. The zero-order valence-corrected chi connectivity index (χ0v) is 12.5. The molecule has 0 aromatic carbocycles. The van der Waals surface area contributed by atoms with Crippen molar-refractivity contribution < 1.29 is 14.7 Å². The van der Waals surface area contributed by atoms with Crippen molar-refractivity contribution in [3.05, 3.63) is 0 Å². The molecule has 0 radical (unpaired) electrons. The highest BCUT2D eigenvalue weighted by atomic mass is 32.2. The first-order valence-corrected chi connectivity index (χ1v) is 7.95. The summed E-state index contributed by atoms with van der Waals surface area (Å²) in [6.45, 7) is 4.37. The monoisotopic (exact) mass is 288 g/mol. The Kier molecular flexibility index (Phi) is 6.65. The van der Waals surface area contributed by atoms with Gasteiger partial charge in [-0.05, 0) is 19.8 Å². The van der Waals surface area contributed by atoms with Gasteiger partial charge in [0.05, 0.1) is 0 Å². The van der Waals surface area contributed by atoms with Crippen LogP contribution in [0.25, 0.3) is 0 Å². The van der Waals surface area contributed by atoms with Crippen molar-refractivity contribution in [2.24, 2.45) is 11.7 Å². The molecule has 0 spiro atoms. The van der Waals surface area contributed by atoms with E-state index in [4.69, 9.17) is 10.8 Å². The highest BCUT2D eigenvalue weighted by Crippen LogP contribution is 2.21. The van der Waals surface area contributed by atoms with Gasteiger partial charge in [-0.2, -0.15) is 11.8 Å². The highest BCUT2D eigenvalue weighted by molar-refractivity contribution is 7.99. The minimum atomic E-state index is -0.900. The van der Waals surface area contributed by atoms with Gasteiger partial charge in [0, 0.05) is 30.0 Å². The van der Waals surface area contributed by atoms with E-state index >= 15 is 0 Å². The van der Waals surface area contributed by atoms with Crippen LogP contribution in [0.2, 0.25) is 0 Å². The maximum absolute atomic E-state index is 12.3. The largest absolute Gasteiger partial charge is 0.480 e. The second-order valence-corrected chi connectivity index (χ2v) is 6.42. The van der Waals surface area contributed by atoms with Crippen molar-refractivity contribution in [1.82, 2.24) is 4.90 Å². The molecule has 1 amide bonds. The number of carbonyl (C=O) groups excluding carboxylic acids is 1. The molecule has 0 aromatic rings. The van der Waals surface area contributed by atoms with E-state index in [0.717, 1.165) is 25.0 Å². The summed E-state index contributed by atoms with van der Waals surface area (Å²) in [6, 6.07) is -0.511. The van der Waals surface area contributed by atoms with Gasteiger partial charge in [0.15, 0.2) is 0 Å². The number of nitrogens with two attached hydrogens (primary N) is 1. The van der Waals surface area contributed by atoms with E-state index in [1.807, 2.05) is 13.8 Å². The van der Waals surface area contributed by atoms with Crippen molar-refractivity contribution in [3.63, 3.8) is 0 Å². The van der Waals surface area contributed by atoms with Crippen molar-refractivity contribution in [2.75, 3.05) is 18.1 Å². The standard InChI is InChI=1S/C13H24N2O3S/c1-9(4-3-5-10(2)14)12(16)15-6-7-19-8-11(15)13(17)18/h9-11H,3-8,14H2,1-2H3,(H,17,18). The van der Waals surface area contributed by atoms with Gasteiger partial charge in [-0.25, -0.2) is 4.79 Å². The maximum atomic E-state index is 12.3. The minimum absolute atomic E-state index is 0.0302.